The second-order valence-corrected chi connectivity index (χ2v) is 10.2. The summed E-state index contributed by atoms with van der Waals surface area (Å²) in [6, 6.07) is 19.2. The van der Waals surface area contributed by atoms with Crippen LogP contribution >= 0.6 is 11.8 Å². The standard InChI is InChI=1S/C29H27N3O7S/c1-18(2)20-9-11-22(12-10-20)30-27(33)16-31-28(34)26(40-29(31)35)14-21-13-24(38-3)25(15-23(21)32(36)37)39-17-19-7-5-4-6-8-19/h4-15,18H,16-17H2,1-3H3,(H,30,33)/b26-14+. The Bertz CT molecular complexity index is 1470. The molecule has 3 aromatic rings. The van der Waals surface area contributed by atoms with Gasteiger partial charge in [-0.1, -0.05) is 56.3 Å². The van der Waals surface area contributed by atoms with Gasteiger partial charge in [0.15, 0.2) is 11.5 Å². The number of carbonyl (C=O) groups is 3. The van der Waals surface area contributed by atoms with E-state index < -0.39 is 28.5 Å². The number of imide groups is 1. The third-order valence-electron chi connectivity index (χ3n) is 6.07. The van der Waals surface area contributed by atoms with E-state index in [1.165, 1.54) is 25.3 Å². The van der Waals surface area contributed by atoms with Crippen molar-refractivity contribution >= 4 is 46.3 Å². The molecule has 0 saturated carbocycles. The Morgan fingerprint density at radius 1 is 1.07 bits per heavy atom. The number of thioether (sulfide) groups is 1. The van der Waals surface area contributed by atoms with Gasteiger partial charge in [-0.15, -0.1) is 0 Å². The summed E-state index contributed by atoms with van der Waals surface area (Å²) < 4.78 is 11.1. The maximum atomic E-state index is 13.0. The van der Waals surface area contributed by atoms with Crippen LogP contribution in [0.5, 0.6) is 11.5 Å². The van der Waals surface area contributed by atoms with Crippen molar-refractivity contribution in [2.45, 2.75) is 26.4 Å². The Kier molecular flexibility index (Phi) is 8.85. The maximum Gasteiger partial charge on any atom is 0.294 e. The molecule has 1 aliphatic heterocycles. The average molecular weight is 562 g/mol. The predicted octanol–water partition coefficient (Wildman–Crippen LogP) is 5.98. The highest BCUT2D eigenvalue weighted by molar-refractivity contribution is 8.18. The van der Waals surface area contributed by atoms with E-state index in [1.807, 2.05) is 42.5 Å². The minimum absolute atomic E-state index is 0.0501. The zero-order valence-electron chi connectivity index (χ0n) is 22.1. The number of nitrogens with one attached hydrogen (secondary N) is 1. The van der Waals surface area contributed by atoms with Crippen molar-refractivity contribution in [2.75, 3.05) is 19.0 Å². The largest absolute Gasteiger partial charge is 0.493 e. The summed E-state index contributed by atoms with van der Waals surface area (Å²) in [5, 5.41) is 13.9. The van der Waals surface area contributed by atoms with Crippen LogP contribution < -0.4 is 14.8 Å². The molecule has 1 saturated heterocycles. The molecular weight excluding hydrogens is 534 g/mol. The fourth-order valence-corrected chi connectivity index (χ4v) is 4.75. The summed E-state index contributed by atoms with van der Waals surface area (Å²) >= 11 is 0.600. The van der Waals surface area contributed by atoms with Crippen molar-refractivity contribution in [3.63, 3.8) is 0 Å². The summed E-state index contributed by atoms with van der Waals surface area (Å²) in [5.74, 6) is -0.566. The Morgan fingerprint density at radius 2 is 1.77 bits per heavy atom. The molecule has 0 bridgehead atoms. The maximum absolute atomic E-state index is 13.0. The van der Waals surface area contributed by atoms with Gasteiger partial charge in [0.05, 0.1) is 28.6 Å². The molecule has 0 atom stereocenters. The van der Waals surface area contributed by atoms with Crippen LogP contribution in [0.3, 0.4) is 0 Å². The van der Waals surface area contributed by atoms with E-state index in [1.54, 1.807) is 12.1 Å². The summed E-state index contributed by atoms with van der Waals surface area (Å²) in [5.41, 5.74) is 2.22. The number of nitro groups is 1. The molecule has 4 rings (SSSR count). The number of amides is 3. The van der Waals surface area contributed by atoms with Crippen LogP contribution in [0, 0.1) is 10.1 Å². The van der Waals surface area contributed by atoms with Crippen molar-refractivity contribution < 1.29 is 28.8 Å². The normalized spacial score (nSPS) is 14.1. The number of hydrogen-bond donors (Lipinski definition) is 1. The lowest BCUT2D eigenvalue weighted by Crippen LogP contribution is -2.36. The Hall–Kier alpha value is -4.64. The molecule has 0 unspecified atom stereocenters. The van der Waals surface area contributed by atoms with E-state index in [2.05, 4.69) is 19.2 Å². The van der Waals surface area contributed by atoms with Crippen LogP contribution in [0.2, 0.25) is 0 Å². The second kappa shape index (κ2) is 12.5. The van der Waals surface area contributed by atoms with Gasteiger partial charge in [-0.25, -0.2) is 0 Å². The van der Waals surface area contributed by atoms with Gasteiger partial charge in [-0.3, -0.25) is 29.4 Å². The smallest absolute Gasteiger partial charge is 0.294 e. The number of benzene rings is 3. The van der Waals surface area contributed by atoms with E-state index in [0.717, 1.165) is 16.0 Å². The summed E-state index contributed by atoms with van der Waals surface area (Å²) in [7, 11) is 1.39. The van der Waals surface area contributed by atoms with Crippen LogP contribution in [0.25, 0.3) is 6.08 Å². The minimum atomic E-state index is -0.724. The van der Waals surface area contributed by atoms with Gasteiger partial charge in [0.2, 0.25) is 5.91 Å². The third-order valence-corrected chi connectivity index (χ3v) is 6.98. The van der Waals surface area contributed by atoms with E-state index >= 15 is 0 Å². The van der Waals surface area contributed by atoms with Gasteiger partial charge >= 0.3 is 0 Å². The number of methoxy groups -OCH3 is 1. The molecule has 0 aromatic heterocycles. The molecule has 1 aliphatic rings. The lowest BCUT2D eigenvalue weighted by atomic mass is 10.0. The summed E-state index contributed by atoms with van der Waals surface area (Å²) in [6.45, 7) is 3.78. The van der Waals surface area contributed by atoms with E-state index in [4.69, 9.17) is 9.47 Å². The molecule has 1 N–H and O–H groups in total. The molecular formula is C29H27N3O7S. The molecule has 40 heavy (non-hydrogen) atoms. The molecule has 0 radical (unpaired) electrons. The molecule has 11 heteroatoms. The molecule has 10 nitrogen and oxygen atoms in total. The number of rotatable bonds is 10. The molecule has 1 fully saturated rings. The average Bonchev–Trinajstić information content (AvgIpc) is 3.19. The van der Waals surface area contributed by atoms with Crippen molar-refractivity contribution in [3.05, 3.63) is 98.4 Å². The van der Waals surface area contributed by atoms with Crippen molar-refractivity contribution in [2.24, 2.45) is 0 Å². The Labute approximate surface area is 235 Å². The number of carbonyl (C=O) groups excluding carboxylic acids is 3. The minimum Gasteiger partial charge on any atom is -0.493 e. The van der Waals surface area contributed by atoms with E-state index in [-0.39, 0.29) is 34.3 Å². The SMILES string of the molecule is COc1cc(/C=C2/SC(=O)N(CC(=O)Nc3ccc(C(C)C)cc3)C2=O)c([N+](=O)[O-])cc1OCc1ccccc1. The predicted molar refractivity (Wildman–Crippen MR) is 152 cm³/mol. The zero-order chi connectivity index (χ0) is 28.8. The first-order valence-corrected chi connectivity index (χ1v) is 13.2. The van der Waals surface area contributed by atoms with Gasteiger partial charge < -0.3 is 14.8 Å². The van der Waals surface area contributed by atoms with Crippen LogP contribution in [0.4, 0.5) is 16.2 Å². The third kappa shape index (κ3) is 6.67. The lowest BCUT2D eigenvalue weighted by molar-refractivity contribution is -0.385. The van der Waals surface area contributed by atoms with Gasteiger partial charge in [0.1, 0.15) is 13.2 Å². The van der Waals surface area contributed by atoms with Crippen LogP contribution in [-0.4, -0.2) is 40.5 Å². The van der Waals surface area contributed by atoms with Crippen LogP contribution in [0.1, 0.15) is 36.5 Å². The second-order valence-electron chi connectivity index (χ2n) is 9.19. The van der Waals surface area contributed by atoms with Gasteiger partial charge in [-0.2, -0.15) is 0 Å². The highest BCUT2D eigenvalue weighted by Gasteiger charge is 2.37. The highest BCUT2D eigenvalue weighted by Crippen LogP contribution is 2.39. The number of anilines is 1. The number of nitro benzene ring substituents is 1. The quantitative estimate of drug-likeness (QED) is 0.182. The van der Waals surface area contributed by atoms with Crippen molar-refractivity contribution in [3.8, 4) is 11.5 Å². The molecule has 3 aromatic carbocycles. The van der Waals surface area contributed by atoms with Crippen molar-refractivity contribution in [1.82, 2.24) is 4.90 Å². The topological polar surface area (TPSA) is 128 Å². The van der Waals surface area contributed by atoms with Crippen LogP contribution in [-0.2, 0) is 16.2 Å². The molecule has 206 valence electrons. The van der Waals surface area contributed by atoms with Gasteiger partial charge in [-0.05, 0) is 53.1 Å². The van der Waals surface area contributed by atoms with E-state index in [0.29, 0.717) is 23.4 Å². The number of nitrogens with zero attached hydrogens (tertiary/aromatic N) is 2. The van der Waals surface area contributed by atoms with Crippen molar-refractivity contribution in [1.29, 1.82) is 0 Å². The Balaban J connectivity index is 1.51. The van der Waals surface area contributed by atoms with Crippen LogP contribution in [0.15, 0.2) is 71.6 Å². The first-order valence-electron chi connectivity index (χ1n) is 12.3. The van der Waals surface area contributed by atoms with E-state index in [9.17, 15) is 24.5 Å². The number of ether oxygens (including phenoxy) is 2. The molecule has 0 aliphatic carbocycles. The molecule has 3 amide bonds. The monoisotopic (exact) mass is 561 g/mol. The Morgan fingerprint density at radius 3 is 2.40 bits per heavy atom. The summed E-state index contributed by atoms with van der Waals surface area (Å²) in [6.07, 6.45) is 1.25. The highest BCUT2D eigenvalue weighted by atomic mass is 32.2. The summed E-state index contributed by atoms with van der Waals surface area (Å²) in [4.78, 5) is 50.1. The first-order chi connectivity index (χ1) is 19.2. The van der Waals surface area contributed by atoms with Gasteiger partial charge in [0.25, 0.3) is 16.8 Å². The number of hydrogen-bond acceptors (Lipinski definition) is 8. The molecule has 0 spiro atoms. The van der Waals surface area contributed by atoms with Gasteiger partial charge in [0, 0.05) is 5.69 Å². The fourth-order valence-electron chi connectivity index (χ4n) is 3.92. The lowest BCUT2D eigenvalue weighted by Gasteiger charge is -2.13. The first kappa shape index (κ1) is 28.4. The fraction of sp³-hybridized carbons (Fsp3) is 0.207. The molecule has 1 heterocycles. The zero-order valence-corrected chi connectivity index (χ0v) is 22.9.